The van der Waals surface area contributed by atoms with Gasteiger partial charge >= 0.3 is 11.9 Å². The maximum atomic E-state index is 13.1. The molecule has 2 aromatic carbocycles. The van der Waals surface area contributed by atoms with E-state index in [4.69, 9.17) is 29.5 Å². The van der Waals surface area contributed by atoms with Crippen molar-refractivity contribution in [2.75, 3.05) is 52.5 Å². The molecule has 6 rings (SSSR count). The van der Waals surface area contributed by atoms with Crippen LogP contribution in [0.2, 0.25) is 0 Å². The number of aliphatic hydroxyl groups is 2. The molecule has 14 heteroatoms. The molecule has 12 nitrogen and oxygen atoms in total. The van der Waals surface area contributed by atoms with Crippen molar-refractivity contribution in [2.24, 2.45) is 0 Å². The van der Waals surface area contributed by atoms with Crippen LogP contribution in [0.3, 0.4) is 0 Å². The number of hydrogen-bond acceptors (Lipinski definition) is 10. The molecular formula is C32H38F2N4O8. The molecule has 4 heterocycles. The zero-order valence-corrected chi connectivity index (χ0v) is 25.2. The van der Waals surface area contributed by atoms with Crippen molar-refractivity contribution in [3.8, 4) is 0 Å². The number of likely N-dealkylation sites (tertiary alicyclic amines) is 2. The van der Waals surface area contributed by atoms with E-state index in [1.54, 1.807) is 12.1 Å². The summed E-state index contributed by atoms with van der Waals surface area (Å²) in [5, 5.41) is 43.6. The average Bonchev–Trinajstić information content (AvgIpc) is 3.65. The van der Waals surface area contributed by atoms with Crippen molar-refractivity contribution in [3.63, 3.8) is 0 Å². The zero-order chi connectivity index (χ0) is 33.1. The Morgan fingerprint density at radius 2 is 1.09 bits per heavy atom. The molecule has 4 N–H and O–H groups in total. The zero-order valence-electron chi connectivity index (χ0n) is 25.2. The average molecular weight is 645 g/mol. The molecular weight excluding hydrogens is 606 g/mol. The monoisotopic (exact) mass is 644 g/mol. The minimum atomic E-state index is -1.26. The van der Waals surface area contributed by atoms with Crippen LogP contribution in [0, 0.1) is 11.6 Å². The number of β-amino-alcohol motifs (C(OH)–C–C–N with tert-alkyl or cyclic N) is 2. The van der Waals surface area contributed by atoms with E-state index in [0.29, 0.717) is 35.2 Å². The number of benzene rings is 2. The molecule has 0 spiro atoms. The quantitative estimate of drug-likeness (QED) is 0.204. The largest absolute Gasteiger partial charge is 0.478 e. The number of carboxylic acid groups (broad SMARTS) is 2. The van der Waals surface area contributed by atoms with Gasteiger partial charge in [-0.2, -0.15) is 0 Å². The highest BCUT2D eigenvalue weighted by Crippen LogP contribution is 2.33. The van der Waals surface area contributed by atoms with Crippen molar-refractivity contribution >= 4 is 33.9 Å². The summed E-state index contributed by atoms with van der Waals surface area (Å²) in [6.45, 7) is 5.71. The first-order valence-corrected chi connectivity index (χ1v) is 15.1. The van der Waals surface area contributed by atoms with Crippen LogP contribution < -0.4 is 0 Å². The van der Waals surface area contributed by atoms with Gasteiger partial charge in [0.2, 0.25) is 0 Å². The second kappa shape index (κ2) is 16.9. The summed E-state index contributed by atoms with van der Waals surface area (Å²) < 4.78 is 36.6. The Morgan fingerprint density at radius 3 is 1.41 bits per heavy atom. The fourth-order valence-electron chi connectivity index (χ4n) is 5.74. The molecule has 2 aromatic heterocycles. The van der Waals surface area contributed by atoms with Gasteiger partial charge in [-0.25, -0.2) is 18.4 Å². The van der Waals surface area contributed by atoms with Crippen LogP contribution in [-0.2, 0) is 9.59 Å². The number of carboxylic acids is 2. The van der Waals surface area contributed by atoms with Gasteiger partial charge < -0.3 is 39.3 Å². The number of halogens is 2. The topological polar surface area (TPSA) is 174 Å². The van der Waals surface area contributed by atoms with Crippen molar-refractivity contribution in [2.45, 2.75) is 37.5 Å². The molecule has 0 unspecified atom stereocenters. The molecule has 0 saturated carbocycles. The summed E-state index contributed by atoms with van der Waals surface area (Å²) in [5.41, 5.74) is 2.93. The summed E-state index contributed by atoms with van der Waals surface area (Å²) in [6.07, 6.45) is 5.11. The first-order valence-electron chi connectivity index (χ1n) is 15.1. The fourth-order valence-corrected chi connectivity index (χ4v) is 5.74. The van der Waals surface area contributed by atoms with Crippen LogP contribution in [0.1, 0.15) is 48.9 Å². The summed E-state index contributed by atoms with van der Waals surface area (Å²) in [5.74, 6) is -2.39. The highest BCUT2D eigenvalue weighted by molar-refractivity contribution is 5.89. The third-order valence-electron chi connectivity index (χ3n) is 8.07. The molecule has 0 radical (unpaired) electrons. The summed E-state index contributed by atoms with van der Waals surface area (Å²) in [4.78, 5) is 23.6. The molecule has 2 aliphatic heterocycles. The molecule has 0 atom stereocenters. The number of piperidine rings is 2. The van der Waals surface area contributed by atoms with Gasteiger partial charge in [0.1, 0.15) is 11.6 Å². The fraction of sp³-hybridized carbons (Fsp3) is 0.438. The summed E-state index contributed by atoms with van der Waals surface area (Å²) in [6, 6.07) is 9.15. The first-order chi connectivity index (χ1) is 22.2. The molecule has 0 amide bonds. The minimum Gasteiger partial charge on any atom is -0.478 e. The molecule has 0 bridgehead atoms. The van der Waals surface area contributed by atoms with Crippen LogP contribution in [0.5, 0.6) is 0 Å². The lowest BCUT2D eigenvalue weighted by Crippen LogP contribution is -2.35. The van der Waals surface area contributed by atoms with Crippen molar-refractivity contribution in [1.29, 1.82) is 0 Å². The second-order valence-electron chi connectivity index (χ2n) is 11.1. The first kappa shape index (κ1) is 34.6. The van der Waals surface area contributed by atoms with E-state index in [0.717, 1.165) is 87.1 Å². The van der Waals surface area contributed by atoms with Gasteiger partial charge in [-0.3, -0.25) is 0 Å². The van der Waals surface area contributed by atoms with Crippen molar-refractivity contribution in [1.82, 2.24) is 20.1 Å². The predicted octanol–water partition coefficient (Wildman–Crippen LogP) is 3.99. The lowest BCUT2D eigenvalue weighted by molar-refractivity contribution is -0.134. The summed E-state index contributed by atoms with van der Waals surface area (Å²) >= 11 is 0. The lowest BCUT2D eigenvalue weighted by Gasteiger charge is -2.30. The summed E-state index contributed by atoms with van der Waals surface area (Å²) in [7, 11) is 0. The van der Waals surface area contributed by atoms with Crippen LogP contribution in [0.25, 0.3) is 21.9 Å². The van der Waals surface area contributed by atoms with E-state index < -0.39 is 11.9 Å². The number of fused-ring (bicyclic) bond motifs is 2. The molecule has 2 aliphatic rings. The van der Waals surface area contributed by atoms with Gasteiger partial charge in [0.05, 0.1) is 24.6 Å². The Labute approximate surface area is 263 Å². The van der Waals surface area contributed by atoms with E-state index in [-0.39, 0.29) is 24.8 Å². The second-order valence-corrected chi connectivity index (χ2v) is 11.1. The third-order valence-corrected chi connectivity index (χ3v) is 8.07. The molecule has 4 aromatic rings. The minimum absolute atomic E-state index is 0.205. The van der Waals surface area contributed by atoms with Crippen molar-refractivity contribution < 1.29 is 47.8 Å². The number of rotatable bonds is 8. The van der Waals surface area contributed by atoms with E-state index in [2.05, 4.69) is 20.1 Å². The van der Waals surface area contributed by atoms with Gasteiger partial charge in [0.25, 0.3) is 0 Å². The number of hydrogen-bond donors (Lipinski definition) is 4. The van der Waals surface area contributed by atoms with E-state index in [1.165, 1.54) is 24.3 Å². The maximum Gasteiger partial charge on any atom is 0.328 e. The molecule has 248 valence electrons. The van der Waals surface area contributed by atoms with Gasteiger partial charge in [0.15, 0.2) is 11.2 Å². The highest BCUT2D eigenvalue weighted by Gasteiger charge is 2.26. The van der Waals surface area contributed by atoms with Gasteiger partial charge in [-0.05, 0) is 76.1 Å². The Kier molecular flexibility index (Phi) is 12.7. The smallest absolute Gasteiger partial charge is 0.328 e. The molecule has 46 heavy (non-hydrogen) atoms. The standard InChI is InChI=1S/2C14H17FN2O2.C4H4O4/c2*15-11-1-2-12-13(9-11)19-16-14(12)10-3-5-17(6-4-10)7-8-18;5-3(6)1-2-4(7)8/h2*1-2,9-10,18H,3-8H2;1-2H,(H,5,6)(H,7,8)/b;;2-1+. The van der Waals surface area contributed by atoms with E-state index >= 15 is 0 Å². The maximum absolute atomic E-state index is 13.1. The van der Waals surface area contributed by atoms with Crippen molar-refractivity contribution in [3.05, 3.63) is 71.6 Å². The number of nitrogens with zero attached hydrogens (tertiary/aromatic N) is 4. The SMILES string of the molecule is O=C(O)/C=C/C(=O)O.OCCN1CCC(c2noc3cc(F)ccc23)CC1.OCCN1CCC(c2noc3cc(F)ccc23)CC1. The van der Waals surface area contributed by atoms with Crippen LogP contribution in [0.4, 0.5) is 8.78 Å². The Balaban J connectivity index is 0.000000170. The lowest BCUT2D eigenvalue weighted by atomic mass is 9.91. The number of aliphatic carboxylic acids is 2. The molecule has 2 saturated heterocycles. The van der Waals surface area contributed by atoms with Crippen LogP contribution in [0.15, 0.2) is 57.6 Å². The van der Waals surface area contributed by atoms with Gasteiger partial charge in [0, 0.05) is 60.0 Å². The van der Waals surface area contributed by atoms with Crippen LogP contribution >= 0.6 is 0 Å². The van der Waals surface area contributed by atoms with E-state index in [9.17, 15) is 18.4 Å². The van der Waals surface area contributed by atoms with Gasteiger partial charge in [-0.1, -0.05) is 10.3 Å². The number of aromatic nitrogens is 2. The highest BCUT2D eigenvalue weighted by atomic mass is 19.1. The molecule has 2 fully saturated rings. The van der Waals surface area contributed by atoms with E-state index in [1.807, 2.05) is 0 Å². The number of aliphatic hydroxyl groups excluding tert-OH is 2. The Morgan fingerprint density at radius 1 is 0.717 bits per heavy atom. The molecule has 0 aliphatic carbocycles. The predicted molar refractivity (Wildman–Crippen MR) is 163 cm³/mol. The normalized spacial score (nSPS) is 16.7. The Bertz CT molecular complexity index is 1490. The number of carbonyl (C=O) groups is 2. The Hall–Kier alpha value is -4.24. The third kappa shape index (κ3) is 9.63. The van der Waals surface area contributed by atoms with Gasteiger partial charge in [-0.15, -0.1) is 0 Å². The van der Waals surface area contributed by atoms with Crippen LogP contribution in [-0.4, -0.2) is 105 Å².